The molecule has 312 valence electrons. The highest BCUT2D eigenvalue weighted by atomic mass is 14.9. The van der Waals surface area contributed by atoms with Crippen LogP contribution in [0.25, 0.3) is 0 Å². The number of hydrogen-bond donors (Lipinski definition) is 0. The summed E-state index contributed by atoms with van der Waals surface area (Å²) < 4.78 is 2.55. The molecule has 0 unspecified atom stereocenters. The molecule has 0 aliphatic rings. The van der Waals surface area contributed by atoms with Crippen LogP contribution in [-0.4, -0.2) is 0 Å². The van der Waals surface area contributed by atoms with E-state index in [1.54, 1.807) is 11.1 Å². The van der Waals surface area contributed by atoms with Gasteiger partial charge in [0.2, 0.25) is 0 Å². The third-order valence-electron chi connectivity index (χ3n) is 12.3. The van der Waals surface area contributed by atoms with E-state index in [1.165, 1.54) is 283 Å². The molecule has 0 fully saturated rings. The second-order valence-electron chi connectivity index (χ2n) is 17.7. The summed E-state index contributed by atoms with van der Waals surface area (Å²) >= 11 is 0. The van der Waals surface area contributed by atoms with E-state index >= 15 is 0 Å². The van der Waals surface area contributed by atoms with Crippen molar-refractivity contribution < 1.29 is 4.57 Å². The third-order valence-corrected chi connectivity index (χ3v) is 12.3. The van der Waals surface area contributed by atoms with Gasteiger partial charge in [-0.1, -0.05) is 258 Å². The number of pyridine rings is 1. The minimum absolute atomic E-state index is 1.21. The van der Waals surface area contributed by atoms with Gasteiger partial charge in [0.05, 0.1) is 0 Å². The van der Waals surface area contributed by atoms with E-state index in [9.17, 15) is 0 Å². The van der Waals surface area contributed by atoms with Crippen molar-refractivity contribution in [3.63, 3.8) is 0 Å². The van der Waals surface area contributed by atoms with Crippen LogP contribution in [0, 0.1) is 0 Å². The molecule has 0 saturated carbocycles. The highest BCUT2D eigenvalue weighted by molar-refractivity contribution is 5.21. The van der Waals surface area contributed by atoms with Crippen LogP contribution in [0.1, 0.15) is 295 Å². The third kappa shape index (κ3) is 35.3. The second-order valence-corrected chi connectivity index (χ2v) is 17.7. The SMILES string of the molecule is CCCCCCCCCCCCCCCCCc1cc[n+](CCCCCCCCCCCCC)cc1CCCCCCCCCCCCCCCCC. The molecule has 1 nitrogen and oxygen atoms in total. The smallest absolute Gasteiger partial charge is 0.172 e. The van der Waals surface area contributed by atoms with Crippen LogP contribution in [-0.2, 0) is 19.4 Å². The van der Waals surface area contributed by atoms with Gasteiger partial charge in [-0.15, -0.1) is 0 Å². The molecular weight excluding hydrogens is 639 g/mol. The predicted molar refractivity (Wildman–Crippen MR) is 240 cm³/mol. The van der Waals surface area contributed by atoms with Crippen LogP contribution >= 0.6 is 0 Å². The molecule has 1 rings (SSSR count). The van der Waals surface area contributed by atoms with Crippen molar-refractivity contribution in [2.24, 2.45) is 0 Å². The zero-order valence-corrected chi connectivity index (χ0v) is 37.3. The van der Waals surface area contributed by atoms with Crippen molar-refractivity contribution in [2.45, 2.75) is 303 Å². The summed E-state index contributed by atoms with van der Waals surface area (Å²) in [6, 6.07) is 2.52. The largest absolute Gasteiger partial charge is 0.205 e. The van der Waals surface area contributed by atoms with E-state index < -0.39 is 0 Å². The van der Waals surface area contributed by atoms with Gasteiger partial charge >= 0.3 is 0 Å². The maximum atomic E-state index is 2.57. The van der Waals surface area contributed by atoms with Crippen LogP contribution in [0.4, 0.5) is 0 Å². The Labute approximate surface area is 336 Å². The first-order chi connectivity index (χ1) is 26.3. The molecule has 0 amide bonds. The first-order valence-electron chi connectivity index (χ1n) is 25.3. The summed E-state index contributed by atoms with van der Waals surface area (Å²) in [7, 11) is 0. The standard InChI is InChI=1S/C52H100N/c1-4-7-10-13-16-19-22-24-26-28-30-33-36-39-42-45-51-47-49-53(48-44-41-38-35-32-21-18-15-12-9-6-3)50-52(51)46-43-40-37-34-31-29-27-25-23-20-17-14-11-8-5-2/h47,49-50H,4-46,48H2,1-3H3/q+1. The number of hydrogen-bond acceptors (Lipinski definition) is 0. The van der Waals surface area contributed by atoms with Crippen molar-refractivity contribution in [2.75, 3.05) is 0 Å². The Morgan fingerprint density at radius 3 is 0.830 bits per heavy atom. The Bertz CT molecular complexity index is 828. The fourth-order valence-corrected chi connectivity index (χ4v) is 8.56. The molecule has 53 heavy (non-hydrogen) atoms. The average molecular weight is 739 g/mol. The molecule has 0 saturated heterocycles. The van der Waals surface area contributed by atoms with E-state index in [1.807, 2.05) is 0 Å². The lowest BCUT2D eigenvalue weighted by atomic mass is 9.97. The molecule has 0 bridgehead atoms. The molecular formula is C52H100N+. The monoisotopic (exact) mass is 739 g/mol. The molecule has 0 N–H and O–H groups in total. The van der Waals surface area contributed by atoms with Gasteiger partial charge in [-0.05, 0) is 37.7 Å². The van der Waals surface area contributed by atoms with Gasteiger partial charge in [-0.2, -0.15) is 0 Å². The molecule has 0 spiro atoms. The Balaban J connectivity index is 2.28. The molecule has 1 aromatic heterocycles. The maximum absolute atomic E-state index is 2.57. The first kappa shape index (κ1) is 50.2. The second kappa shape index (κ2) is 42.3. The summed E-state index contributed by atoms with van der Waals surface area (Å²) in [5.41, 5.74) is 3.34. The van der Waals surface area contributed by atoms with Gasteiger partial charge in [0.1, 0.15) is 6.54 Å². The summed E-state index contributed by atoms with van der Waals surface area (Å²) in [5.74, 6) is 0. The van der Waals surface area contributed by atoms with Crippen molar-refractivity contribution >= 4 is 0 Å². The lowest BCUT2D eigenvalue weighted by Crippen LogP contribution is -2.34. The molecule has 0 aliphatic carbocycles. The van der Waals surface area contributed by atoms with Gasteiger partial charge < -0.3 is 0 Å². The van der Waals surface area contributed by atoms with Crippen molar-refractivity contribution in [1.29, 1.82) is 0 Å². The molecule has 0 radical (unpaired) electrons. The van der Waals surface area contributed by atoms with E-state index in [0.29, 0.717) is 0 Å². The average Bonchev–Trinajstić information content (AvgIpc) is 3.17. The summed E-state index contributed by atoms with van der Waals surface area (Å²) in [4.78, 5) is 0. The van der Waals surface area contributed by atoms with Crippen LogP contribution in [0.5, 0.6) is 0 Å². The molecule has 0 atom stereocenters. The summed E-state index contributed by atoms with van der Waals surface area (Å²) in [6.07, 6.45) is 66.8. The maximum Gasteiger partial charge on any atom is 0.172 e. The van der Waals surface area contributed by atoms with E-state index in [4.69, 9.17) is 0 Å². The quantitative estimate of drug-likeness (QED) is 0.0464. The van der Waals surface area contributed by atoms with Gasteiger partial charge in [0.25, 0.3) is 0 Å². The number of unbranched alkanes of at least 4 members (excludes halogenated alkanes) is 38. The van der Waals surface area contributed by atoms with Crippen molar-refractivity contribution in [1.82, 2.24) is 0 Å². The molecule has 1 heteroatoms. The van der Waals surface area contributed by atoms with E-state index in [-0.39, 0.29) is 0 Å². The zero-order chi connectivity index (χ0) is 38.0. The number of aromatic nitrogens is 1. The molecule has 0 aliphatic heterocycles. The van der Waals surface area contributed by atoms with Crippen LogP contribution in [0.15, 0.2) is 18.5 Å². The first-order valence-corrected chi connectivity index (χ1v) is 25.3. The molecule has 1 heterocycles. The number of nitrogens with zero attached hydrogens (tertiary/aromatic N) is 1. The fraction of sp³-hybridized carbons (Fsp3) is 0.904. The zero-order valence-electron chi connectivity index (χ0n) is 37.3. The minimum atomic E-state index is 1.21. The lowest BCUT2D eigenvalue weighted by molar-refractivity contribution is -0.697. The topological polar surface area (TPSA) is 3.88 Å². The van der Waals surface area contributed by atoms with Crippen LogP contribution in [0.3, 0.4) is 0 Å². The fourth-order valence-electron chi connectivity index (χ4n) is 8.56. The number of aryl methyl sites for hydroxylation is 3. The molecule has 1 aromatic rings. The van der Waals surface area contributed by atoms with Gasteiger partial charge in [0, 0.05) is 18.1 Å². The van der Waals surface area contributed by atoms with Gasteiger partial charge in [0.15, 0.2) is 12.4 Å². The number of rotatable bonds is 44. The van der Waals surface area contributed by atoms with Gasteiger partial charge in [-0.3, -0.25) is 0 Å². The molecule has 0 aromatic carbocycles. The Kier molecular flexibility index (Phi) is 40.0. The Morgan fingerprint density at radius 2 is 0.528 bits per heavy atom. The minimum Gasteiger partial charge on any atom is -0.205 e. The summed E-state index contributed by atoms with van der Waals surface area (Å²) in [5, 5.41) is 0. The lowest BCUT2D eigenvalue weighted by Gasteiger charge is -2.10. The van der Waals surface area contributed by atoms with E-state index in [2.05, 4.69) is 43.8 Å². The van der Waals surface area contributed by atoms with Crippen LogP contribution < -0.4 is 4.57 Å². The highest BCUT2D eigenvalue weighted by Crippen LogP contribution is 2.19. The highest BCUT2D eigenvalue weighted by Gasteiger charge is 2.10. The van der Waals surface area contributed by atoms with Crippen molar-refractivity contribution in [3.05, 3.63) is 29.6 Å². The predicted octanol–water partition coefficient (Wildman–Crippen LogP) is 18.1. The van der Waals surface area contributed by atoms with E-state index in [0.717, 1.165) is 0 Å². The van der Waals surface area contributed by atoms with Crippen molar-refractivity contribution in [3.8, 4) is 0 Å². The van der Waals surface area contributed by atoms with Crippen LogP contribution in [0.2, 0.25) is 0 Å². The Hall–Kier alpha value is -0.850. The van der Waals surface area contributed by atoms with Gasteiger partial charge in [-0.25, -0.2) is 4.57 Å². The normalized spacial score (nSPS) is 11.6. The Morgan fingerprint density at radius 1 is 0.283 bits per heavy atom. The summed E-state index contributed by atoms with van der Waals surface area (Å²) in [6.45, 7) is 8.16.